The number of hydrogen-bond donors (Lipinski definition) is 2. The zero-order valence-corrected chi connectivity index (χ0v) is 13.7. The third-order valence-electron chi connectivity index (χ3n) is 3.13. The first kappa shape index (κ1) is 17.2. The van der Waals surface area contributed by atoms with Gasteiger partial charge in [-0.2, -0.15) is 0 Å². The van der Waals surface area contributed by atoms with Gasteiger partial charge in [0.25, 0.3) is 0 Å². The Labute approximate surface area is 122 Å². The minimum absolute atomic E-state index is 0.0733. The summed E-state index contributed by atoms with van der Waals surface area (Å²) in [7, 11) is -3.46. The summed E-state index contributed by atoms with van der Waals surface area (Å²) in [4.78, 5) is 0.307. The fraction of sp³-hybridized carbons (Fsp3) is 0.714. The van der Waals surface area contributed by atoms with Crippen LogP contribution >= 0.6 is 0 Å². The van der Waals surface area contributed by atoms with Gasteiger partial charge in [-0.3, -0.25) is 0 Å². The lowest BCUT2D eigenvalue weighted by Crippen LogP contribution is -2.33. The minimum Gasteiger partial charge on any atom is -0.349 e. The normalized spacial score (nSPS) is 13.9. The van der Waals surface area contributed by atoms with Crippen molar-refractivity contribution in [3.63, 3.8) is 0 Å². The lowest BCUT2D eigenvalue weighted by atomic mass is 10.1. The molecule has 1 unspecified atom stereocenters. The smallest absolute Gasteiger partial charge is 0.242 e. The lowest BCUT2D eigenvalue weighted by Gasteiger charge is -2.15. The molecule has 0 radical (unpaired) electrons. The van der Waals surface area contributed by atoms with Crippen molar-refractivity contribution < 1.29 is 8.42 Å². The largest absolute Gasteiger partial charge is 0.349 e. The van der Waals surface area contributed by atoms with Crippen LogP contribution in [0.4, 0.5) is 0 Å². The SMILES string of the molecule is CCCn1cc(S(=O)(=O)NC(C)CC(C)C)cc1CN. The van der Waals surface area contributed by atoms with E-state index >= 15 is 0 Å². The molecule has 5 nitrogen and oxygen atoms in total. The van der Waals surface area contributed by atoms with Gasteiger partial charge in [0.1, 0.15) is 0 Å². The molecular weight excluding hydrogens is 274 g/mol. The molecule has 0 aliphatic heterocycles. The molecule has 1 atom stereocenters. The Morgan fingerprint density at radius 1 is 1.35 bits per heavy atom. The van der Waals surface area contributed by atoms with Crippen LogP contribution < -0.4 is 10.5 Å². The van der Waals surface area contributed by atoms with Gasteiger partial charge in [-0.25, -0.2) is 13.1 Å². The van der Waals surface area contributed by atoms with Crippen molar-refractivity contribution in [1.29, 1.82) is 0 Å². The van der Waals surface area contributed by atoms with Crippen molar-refractivity contribution in [3.05, 3.63) is 18.0 Å². The third kappa shape index (κ3) is 4.61. The number of aromatic nitrogens is 1. The highest BCUT2D eigenvalue weighted by atomic mass is 32.2. The number of nitrogens with two attached hydrogens (primary N) is 1. The zero-order chi connectivity index (χ0) is 15.3. The van der Waals surface area contributed by atoms with Crippen LogP contribution in [0.2, 0.25) is 0 Å². The van der Waals surface area contributed by atoms with E-state index in [1.54, 1.807) is 12.3 Å². The summed E-state index contributed by atoms with van der Waals surface area (Å²) >= 11 is 0. The van der Waals surface area contributed by atoms with E-state index in [-0.39, 0.29) is 6.04 Å². The van der Waals surface area contributed by atoms with Crippen LogP contribution in [0.15, 0.2) is 17.2 Å². The molecule has 0 bridgehead atoms. The van der Waals surface area contributed by atoms with Gasteiger partial charge in [0.2, 0.25) is 10.0 Å². The van der Waals surface area contributed by atoms with Crippen LogP contribution in [0.3, 0.4) is 0 Å². The second-order valence-electron chi connectivity index (χ2n) is 5.72. The van der Waals surface area contributed by atoms with Crippen LogP contribution in [0, 0.1) is 5.92 Å². The summed E-state index contributed by atoms with van der Waals surface area (Å²) in [5.74, 6) is 0.456. The summed E-state index contributed by atoms with van der Waals surface area (Å²) in [6.45, 7) is 9.23. The Morgan fingerprint density at radius 2 is 2.00 bits per heavy atom. The second-order valence-corrected chi connectivity index (χ2v) is 7.43. The molecule has 1 aromatic rings. The Bertz CT molecular complexity index is 521. The van der Waals surface area contributed by atoms with Gasteiger partial charge in [0.15, 0.2) is 0 Å². The fourth-order valence-electron chi connectivity index (χ4n) is 2.38. The fourth-order valence-corrected chi connectivity index (χ4v) is 3.70. The molecule has 1 heterocycles. The number of hydrogen-bond acceptors (Lipinski definition) is 3. The Morgan fingerprint density at radius 3 is 2.50 bits per heavy atom. The van der Waals surface area contributed by atoms with Crippen LogP contribution in [-0.2, 0) is 23.1 Å². The van der Waals surface area contributed by atoms with Crippen LogP contribution in [0.1, 0.15) is 46.2 Å². The van der Waals surface area contributed by atoms with E-state index in [1.807, 2.05) is 11.5 Å². The Hall–Kier alpha value is -0.850. The number of nitrogens with zero attached hydrogens (tertiary/aromatic N) is 1. The number of nitrogens with one attached hydrogen (secondary N) is 1. The molecule has 20 heavy (non-hydrogen) atoms. The van der Waals surface area contributed by atoms with E-state index in [1.165, 1.54) is 0 Å². The molecular formula is C14H27N3O2S. The van der Waals surface area contributed by atoms with E-state index in [0.29, 0.717) is 17.4 Å². The first-order valence-electron chi connectivity index (χ1n) is 7.21. The molecule has 0 amide bonds. The van der Waals surface area contributed by atoms with Crippen molar-refractivity contribution in [3.8, 4) is 0 Å². The summed E-state index contributed by atoms with van der Waals surface area (Å²) < 4.78 is 29.3. The van der Waals surface area contributed by atoms with Crippen LogP contribution in [0.25, 0.3) is 0 Å². The molecule has 0 aliphatic carbocycles. The number of aryl methyl sites for hydroxylation is 1. The van der Waals surface area contributed by atoms with E-state index in [2.05, 4.69) is 25.5 Å². The molecule has 6 heteroatoms. The van der Waals surface area contributed by atoms with Crippen LogP contribution in [0.5, 0.6) is 0 Å². The van der Waals surface area contributed by atoms with Crippen molar-refractivity contribution in [1.82, 2.24) is 9.29 Å². The minimum atomic E-state index is -3.46. The molecule has 116 valence electrons. The molecule has 3 N–H and O–H groups in total. The second kappa shape index (κ2) is 7.24. The van der Waals surface area contributed by atoms with E-state index in [4.69, 9.17) is 5.73 Å². The average Bonchev–Trinajstić information content (AvgIpc) is 2.71. The molecule has 0 spiro atoms. The van der Waals surface area contributed by atoms with Gasteiger partial charge >= 0.3 is 0 Å². The van der Waals surface area contributed by atoms with Gasteiger partial charge in [-0.15, -0.1) is 0 Å². The number of rotatable bonds is 8. The highest BCUT2D eigenvalue weighted by Crippen LogP contribution is 2.16. The quantitative estimate of drug-likeness (QED) is 0.771. The molecule has 0 saturated heterocycles. The predicted octanol–water partition coefficient (Wildman–Crippen LogP) is 2.07. The molecule has 0 fully saturated rings. The predicted molar refractivity (Wildman–Crippen MR) is 81.9 cm³/mol. The van der Waals surface area contributed by atoms with Gasteiger partial charge in [-0.05, 0) is 31.7 Å². The maximum atomic E-state index is 12.3. The van der Waals surface area contributed by atoms with E-state index in [9.17, 15) is 8.42 Å². The van der Waals surface area contributed by atoms with Gasteiger partial charge < -0.3 is 10.3 Å². The van der Waals surface area contributed by atoms with Crippen molar-refractivity contribution in [2.45, 2.75) is 64.6 Å². The van der Waals surface area contributed by atoms with Gasteiger partial charge in [0.05, 0.1) is 4.90 Å². The monoisotopic (exact) mass is 301 g/mol. The molecule has 0 saturated carbocycles. The van der Waals surface area contributed by atoms with Crippen LogP contribution in [-0.4, -0.2) is 19.0 Å². The topological polar surface area (TPSA) is 77.1 Å². The van der Waals surface area contributed by atoms with Gasteiger partial charge in [0, 0.05) is 31.0 Å². The van der Waals surface area contributed by atoms with Gasteiger partial charge in [-0.1, -0.05) is 20.8 Å². The van der Waals surface area contributed by atoms with E-state index < -0.39 is 10.0 Å². The molecule has 1 aromatic heterocycles. The van der Waals surface area contributed by atoms with Crippen molar-refractivity contribution in [2.75, 3.05) is 0 Å². The summed E-state index contributed by atoms with van der Waals surface area (Å²) in [6, 6.07) is 1.59. The highest BCUT2D eigenvalue weighted by Gasteiger charge is 2.20. The summed E-state index contributed by atoms with van der Waals surface area (Å²) in [6.07, 6.45) is 3.44. The summed E-state index contributed by atoms with van der Waals surface area (Å²) in [5, 5.41) is 0. The maximum absolute atomic E-state index is 12.3. The zero-order valence-electron chi connectivity index (χ0n) is 12.9. The Kier molecular flexibility index (Phi) is 6.23. The van der Waals surface area contributed by atoms with E-state index in [0.717, 1.165) is 25.1 Å². The Balaban J connectivity index is 2.92. The third-order valence-corrected chi connectivity index (χ3v) is 4.68. The summed E-state index contributed by atoms with van der Waals surface area (Å²) in [5.41, 5.74) is 6.52. The standard InChI is InChI=1S/C14H27N3O2S/c1-5-6-17-10-14(8-13(17)9-15)20(18,19)16-12(4)7-11(2)3/h8,10-12,16H,5-7,9,15H2,1-4H3. The van der Waals surface area contributed by atoms with Crippen molar-refractivity contribution >= 4 is 10.0 Å². The average molecular weight is 301 g/mol. The first-order chi connectivity index (χ1) is 9.30. The van der Waals surface area contributed by atoms with Crippen molar-refractivity contribution in [2.24, 2.45) is 11.7 Å². The lowest BCUT2D eigenvalue weighted by molar-refractivity contribution is 0.482. The highest BCUT2D eigenvalue weighted by molar-refractivity contribution is 7.89. The molecule has 0 aliphatic rings. The maximum Gasteiger partial charge on any atom is 0.242 e. The molecule has 1 rings (SSSR count). The first-order valence-corrected chi connectivity index (χ1v) is 8.69. The molecule has 0 aromatic carbocycles. The number of sulfonamides is 1.